The number of carbonyl (C=O) groups excluding carboxylic acids is 1. The Morgan fingerprint density at radius 2 is 1.50 bits per heavy atom. The molecule has 1 saturated carbocycles. The number of piperidine rings is 1. The van der Waals surface area contributed by atoms with E-state index in [-0.39, 0.29) is 40.8 Å². The van der Waals surface area contributed by atoms with Gasteiger partial charge in [-0.3, -0.25) is 14.7 Å². The summed E-state index contributed by atoms with van der Waals surface area (Å²) in [5.74, 6) is 0.917. The average Bonchev–Trinajstić information content (AvgIpc) is 2.68. The predicted octanol–water partition coefficient (Wildman–Crippen LogP) is 3.12. The minimum Gasteiger partial charge on any atom is -0.355 e. The second kappa shape index (κ2) is 12.2. The van der Waals surface area contributed by atoms with E-state index in [1.165, 1.54) is 64.5 Å². The highest BCUT2D eigenvalue weighted by Crippen LogP contribution is 2.35. The summed E-state index contributed by atoms with van der Waals surface area (Å²) in [4.78, 5) is 19.1. The fourth-order valence-corrected chi connectivity index (χ4v) is 4.27. The van der Waals surface area contributed by atoms with Gasteiger partial charge in [0, 0.05) is 37.6 Å². The van der Waals surface area contributed by atoms with E-state index >= 15 is 0 Å². The number of aliphatic imine (C=N–C) groups is 1. The maximum Gasteiger partial charge on any atom is 0.225 e. The number of hydrogen-bond acceptors (Lipinski definition) is 3. The van der Waals surface area contributed by atoms with Gasteiger partial charge < -0.3 is 16.0 Å². The highest BCUT2D eigenvalue weighted by Gasteiger charge is 2.38. The van der Waals surface area contributed by atoms with Crippen LogP contribution in [-0.4, -0.2) is 62.1 Å². The van der Waals surface area contributed by atoms with Gasteiger partial charge in [-0.2, -0.15) is 0 Å². The van der Waals surface area contributed by atoms with Crippen molar-refractivity contribution in [2.75, 3.05) is 39.8 Å². The molecule has 0 spiro atoms. The lowest BCUT2D eigenvalue weighted by atomic mass is 9.79. The van der Waals surface area contributed by atoms with Crippen molar-refractivity contribution in [3.63, 3.8) is 0 Å². The highest BCUT2D eigenvalue weighted by atomic mass is 127. The molecule has 0 atom stereocenters. The minimum atomic E-state index is -0.346. The van der Waals surface area contributed by atoms with Crippen LogP contribution in [0.2, 0.25) is 0 Å². The lowest BCUT2D eigenvalue weighted by Crippen LogP contribution is -2.59. The third-order valence-electron chi connectivity index (χ3n) is 6.00. The molecule has 2 fully saturated rings. The smallest absolute Gasteiger partial charge is 0.225 e. The third kappa shape index (κ3) is 7.69. The van der Waals surface area contributed by atoms with Gasteiger partial charge in [0.2, 0.25) is 5.91 Å². The molecule has 6 nitrogen and oxygen atoms in total. The van der Waals surface area contributed by atoms with Gasteiger partial charge >= 0.3 is 0 Å². The summed E-state index contributed by atoms with van der Waals surface area (Å²) in [5.41, 5.74) is -0.0571. The van der Waals surface area contributed by atoms with Crippen molar-refractivity contribution >= 4 is 35.8 Å². The van der Waals surface area contributed by atoms with Gasteiger partial charge in [-0.1, -0.05) is 46.5 Å². The van der Waals surface area contributed by atoms with Crippen LogP contribution in [0.25, 0.3) is 0 Å². The Bertz CT molecular complexity index is 492. The molecule has 1 saturated heterocycles. The molecule has 1 heterocycles. The first kappa shape index (κ1) is 25.5. The monoisotopic (exact) mass is 507 g/mol. The number of carbonyl (C=O) groups is 1. The fraction of sp³-hybridized carbons (Fsp3) is 0.905. The van der Waals surface area contributed by atoms with Gasteiger partial charge in [-0.05, 0) is 38.8 Å². The first-order valence-electron chi connectivity index (χ1n) is 10.9. The summed E-state index contributed by atoms with van der Waals surface area (Å²) in [5, 5.41) is 9.90. The maximum atomic E-state index is 11.9. The summed E-state index contributed by atoms with van der Waals surface area (Å²) < 4.78 is 0. The summed E-state index contributed by atoms with van der Waals surface area (Å²) in [7, 11) is 1.82. The number of halogens is 1. The molecule has 1 amide bonds. The molecule has 2 aliphatic rings. The average molecular weight is 508 g/mol. The lowest BCUT2D eigenvalue weighted by molar-refractivity contribution is -0.128. The van der Waals surface area contributed by atoms with Crippen molar-refractivity contribution in [1.29, 1.82) is 0 Å². The number of nitrogens with zero attached hydrogens (tertiary/aromatic N) is 2. The molecule has 7 heteroatoms. The fourth-order valence-electron chi connectivity index (χ4n) is 4.27. The zero-order chi connectivity index (χ0) is 19.8. The number of rotatable bonds is 6. The number of hydrogen-bond donors (Lipinski definition) is 3. The highest BCUT2D eigenvalue weighted by molar-refractivity contribution is 14.0. The van der Waals surface area contributed by atoms with E-state index in [0.29, 0.717) is 13.1 Å². The normalized spacial score (nSPS) is 20.8. The van der Waals surface area contributed by atoms with E-state index in [1.54, 1.807) is 0 Å². The molecule has 2 rings (SSSR count). The Balaban J connectivity index is 0.00000392. The molecule has 0 aromatic carbocycles. The molecular weight excluding hydrogens is 465 g/mol. The molecule has 28 heavy (non-hydrogen) atoms. The second-order valence-electron chi connectivity index (χ2n) is 9.19. The zero-order valence-corrected chi connectivity index (χ0v) is 20.7. The van der Waals surface area contributed by atoms with Gasteiger partial charge in [-0.15, -0.1) is 24.0 Å². The van der Waals surface area contributed by atoms with Crippen LogP contribution < -0.4 is 16.0 Å². The molecule has 1 aliphatic heterocycles. The summed E-state index contributed by atoms with van der Waals surface area (Å²) in [6.45, 7) is 10.5. The van der Waals surface area contributed by atoms with Crippen LogP contribution in [0, 0.1) is 5.41 Å². The van der Waals surface area contributed by atoms with Gasteiger partial charge in [0.25, 0.3) is 0 Å². The van der Waals surface area contributed by atoms with Crippen LogP contribution in [0.5, 0.6) is 0 Å². The Hall–Kier alpha value is -0.570. The van der Waals surface area contributed by atoms with Crippen molar-refractivity contribution in [3.8, 4) is 0 Å². The Morgan fingerprint density at radius 3 is 2.07 bits per heavy atom. The molecule has 0 radical (unpaired) electrons. The van der Waals surface area contributed by atoms with Gasteiger partial charge in [0.05, 0.1) is 0 Å². The van der Waals surface area contributed by atoms with E-state index in [9.17, 15) is 4.79 Å². The summed E-state index contributed by atoms with van der Waals surface area (Å²) in [6, 6.07) is 0. The summed E-state index contributed by atoms with van der Waals surface area (Å²) >= 11 is 0. The van der Waals surface area contributed by atoms with Gasteiger partial charge in [0.15, 0.2) is 5.96 Å². The van der Waals surface area contributed by atoms with Crippen LogP contribution in [-0.2, 0) is 4.79 Å². The summed E-state index contributed by atoms with van der Waals surface area (Å²) in [6.07, 6.45) is 10.7. The third-order valence-corrected chi connectivity index (χ3v) is 6.00. The topological polar surface area (TPSA) is 68.8 Å². The molecular formula is C21H42IN5O. The number of nitrogens with one attached hydrogen (secondary N) is 3. The van der Waals surface area contributed by atoms with Crippen molar-refractivity contribution in [3.05, 3.63) is 0 Å². The van der Waals surface area contributed by atoms with Crippen molar-refractivity contribution in [1.82, 2.24) is 20.9 Å². The second-order valence-corrected chi connectivity index (χ2v) is 9.19. The quantitative estimate of drug-likeness (QED) is 0.224. The first-order chi connectivity index (χ1) is 12.9. The number of likely N-dealkylation sites (tertiary alicyclic amines) is 1. The first-order valence-corrected chi connectivity index (χ1v) is 10.9. The van der Waals surface area contributed by atoms with Crippen molar-refractivity contribution in [2.24, 2.45) is 10.4 Å². The number of guanidine groups is 1. The van der Waals surface area contributed by atoms with Gasteiger partial charge in [0.1, 0.15) is 0 Å². The zero-order valence-electron chi connectivity index (χ0n) is 18.4. The number of amides is 1. The van der Waals surface area contributed by atoms with Crippen molar-refractivity contribution in [2.45, 2.75) is 77.7 Å². The van der Waals surface area contributed by atoms with E-state index in [1.807, 2.05) is 27.8 Å². The Morgan fingerprint density at radius 1 is 0.929 bits per heavy atom. The van der Waals surface area contributed by atoms with Gasteiger partial charge in [-0.25, -0.2) is 0 Å². The molecule has 0 unspecified atom stereocenters. The largest absolute Gasteiger partial charge is 0.355 e. The molecule has 0 aromatic heterocycles. The Labute approximate surface area is 189 Å². The van der Waals surface area contributed by atoms with E-state index in [2.05, 4.69) is 25.8 Å². The SMILES string of the molecule is CN=C(NCCNC(=O)C(C)(C)C)NCC1(N2CCCCC2)CCCCC1.I. The lowest BCUT2D eigenvalue weighted by Gasteiger charge is -2.48. The predicted molar refractivity (Wildman–Crippen MR) is 128 cm³/mol. The van der Waals surface area contributed by atoms with Crippen LogP contribution in [0.4, 0.5) is 0 Å². The van der Waals surface area contributed by atoms with Crippen LogP contribution in [0.1, 0.15) is 72.1 Å². The van der Waals surface area contributed by atoms with Crippen LogP contribution in [0.15, 0.2) is 4.99 Å². The standard InChI is InChI=1S/C21H41N5O.HI/c1-20(2,3)18(27)23-13-14-24-19(22-4)25-17-21(11-7-5-8-12-21)26-15-9-6-10-16-26;/h5-17H2,1-4H3,(H,23,27)(H2,22,24,25);1H. The maximum absolute atomic E-state index is 11.9. The van der Waals surface area contributed by atoms with Crippen molar-refractivity contribution < 1.29 is 4.79 Å². The Kier molecular flexibility index (Phi) is 11.1. The van der Waals surface area contributed by atoms with Crippen LogP contribution in [0.3, 0.4) is 0 Å². The minimum absolute atomic E-state index is 0. The van der Waals surface area contributed by atoms with E-state index < -0.39 is 0 Å². The molecule has 164 valence electrons. The molecule has 3 N–H and O–H groups in total. The van der Waals surface area contributed by atoms with Crippen LogP contribution >= 0.6 is 24.0 Å². The van der Waals surface area contributed by atoms with E-state index in [0.717, 1.165) is 12.5 Å². The molecule has 1 aliphatic carbocycles. The van der Waals surface area contributed by atoms with E-state index in [4.69, 9.17) is 0 Å². The molecule has 0 aromatic rings. The molecule has 0 bridgehead atoms.